The zero-order valence-corrected chi connectivity index (χ0v) is 15.6. The number of likely N-dealkylation sites (N-methyl/N-ethyl adjacent to an activating group) is 1. The fourth-order valence-electron chi connectivity index (χ4n) is 2.15. The van der Waals surface area contributed by atoms with Crippen LogP contribution in [-0.4, -0.2) is 41.9 Å². The van der Waals surface area contributed by atoms with Crippen LogP contribution in [0.25, 0.3) is 0 Å². The summed E-state index contributed by atoms with van der Waals surface area (Å²) in [7, 11) is 0. The number of nitrogens with zero attached hydrogens (tertiary/aromatic N) is 1. The predicted octanol–water partition coefficient (Wildman–Crippen LogP) is 1.01. The van der Waals surface area contributed by atoms with Crippen LogP contribution in [0.1, 0.15) is 27.7 Å². The van der Waals surface area contributed by atoms with Crippen molar-refractivity contribution in [3.63, 3.8) is 0 Å². The van der Waals surface area contributed by atoms with Crippen molar-refractivity contribution in [2.75, 3.05) is 25.0 Å². The second-order valence-corrected chi connectivity index (χ2v) is 7.13. The Kier molecular flexibility index (Phi) is 7.32. The van der Waals surface area contributed by atoms with Gasteiger partial charge in [0.15, 0.2) is 13.1 Å². The molecular formula is C16H24ClN4O4+. The summed E-state index contributed by atoms with van der Waals surface area (Å²) in [6, 6.07) is 3.83. The fourth-order valence-corrected chi connectivity index (χ4v) is 2.31. The summed E-state index contributed by atoms with van der Waals surface area (Å²) >= 11 is 5.96. The highest BCUT2D eigenvalue weighted by Gasteiger charge is 2.21. The van der Waals surface area contributed by atoms with Crippen molar-refractivity contribution in [2.45, 2.75) is 33.2 Å². The van der Waals surface area contributed by atoms with Crippen LogP contribution in [0.15, 0.2) is 18.2 Å². The Morgan fingerprint density at radius 2 is 1.84 bits per heavy atom. The predicted molar refractivity (Wildman–Crippen MR) is 95.9 cm³/mol. The van der Waals surface area contributed by atoms with Crippen LogP contribution in [0.5, 0.6) is 0 Å². The van der Waals surface area contributed by atoms with Crippen LogP contribution in [0.4, 0.5) is 11.4 Å². The van der Waals surface area contributed by atoms with Crippen LogP contribution >= 0.6 is 11.6 Å². The van der Waals surface area contributed by atoms with E-state index in [1.165, 1.54) is 18.2 Å². The molecule has 3 N–H and O–H groups in total. The molecule has 25 heavy (non-hydrogen) atoms. The van der Waals surface area contributed by atoms with Gasteiger partial charge in [-0.15, -0.1) is 0 Å². The Morgan fingerprint density at radius 3 is 2.36 bits per heavy atom. The first kappa shape index (κ1) is 20.9. The molecule has 0 heterocycles. The summed E-state index contributed by atoms with van der Waals surface area (Å²) in [4.78, 5) is 35.2. The first-order chi connectivity index (χ1) is 11.5. The lowest BCUT2D eigenvalue weighted by atomic mass is 10.1. The minimum absolute atomic E-state index is 0.0487. The Morgan fingerprint density at radius 1 is 1.24 bits per heavy atom. The number of carbonyl (C=O) groups excluding carboxylic acids is 2. The van der Waals surface area contributed by atoms with Gasteiger partial charge < -0.3 is 15.5 Å². The van der Waals surface area contributed by atoms with E-state index in [-0.39, 0.29) is 46.8 Å². The van der Waals surface area contributed by atoms with E-state index in [2.05, 4.69) is 10.6 Å². The Balaban J connectivity index is 2.69. The Hall–Kier alpha value is -2.19. The topological polar surface area (TPSA) is 106 Å². The van der Waals surface area contributed by atoms with E-state index in [1.807, 2.05) is 27.7 Å². The highest BCUT2D eigenvalue weighted by atomic mass is 35.5. The Labute approximate surface area is 151 Å². The van der Waals surface area contributed by atoms with Gasteiger partial charge in [-0.3, -0.25) is 19.7 Å². The average molecular weight is 372 g/mol. The van der Waals surface area contributed by atoms with E-state index >= 15 is 0 Å². The van der Waals surface area contributed by atoms with Gasteiger partial charge in [-0.1, -0.05) is 11.6 Å². The van der Waals surface area contributed by atoms with E-state index in [9.17, 15) is 19.7 Å². The molecule has 0 bridgehead atoms. The van der Waals surface area contributed by atoms with Gasteiger partial charge in [-0.05, 0) is 33.8 Å². The smallest absolute Gasteiger partial charge is 0.279 e. The summed E-state index contributed by atoms with van der Waals surface area (Å²) < 4.78 is 0. The molecule has 2 amide bonds. The van der Waals surface area contributed by atoms with E-state index in [0.717, 1.165) is 4.90 Å². The molecular weight excluding hydrogens is 348 g/mol. The maximum atomic E-state index is 12.2. The molecule has 0 saturated carbocycles. The third-order valence-electron chi connectivity index (χ3n) is 3.27. The molecule has 0 aliphatic rings. The molecule has 9 heteroatoms. The van der Waals surface area contributed by atoms with Crippen molar-refractivity contribution >= 4 is 34.8 Å². The van der Waals surface area contributed by atoms with Crippen molar-refractivity contribution < 1.29 is 19.4 Å². The zero-order valence-electron chi connectivity index (χ0n) is 14.8. The molecule has 0 radical (unpaired) electrons. The normalized spacial score (nSPS) is 12.4. The van der Waals surface area contributed by atoms with Crippen LogP contribution < -0.4 is 15.5 Å². The van der Waals surface area contributed by atoms with Gasteiger partial charge in [0.2, 0.25) is 0 Å². The highest BCUT2D eigenvalue weighted by molar-refractivity contribution is 6.33. The largest absolute Gasteiger partial charge is 0.347 e. The maximum absolute atomic E-state index is 12.2. The maximum Gasteiger partial charge on any atom is 0.279 e. The number of nitro benzene ring substituents is 1. The third-order valence-corrected chi connectivity index (χ3v) is 3.60. The van der Waals surface area contributed by atoms with E-state index in [1.54, 1.807) is 0 Å². The summed E-state index contributed by atoms with van der Waals surface area (Å²) in [6.45, 7) is 8.30. The van der Waals surface area contributed by atoms with Gasteiger partial charge in [0.25, 0.3) is 17.5 Å². The lowest BCUT2D eigenvalue weighted by Gasteiger charge is -2.23. The van der Waals surface area contributed by atoms with Gasteiger partial charge in [0, 0.05) is 17.7 Å². The van der Waals surface area contributed by atoms with Crippen molar-refractivity contribution in [2.24, 2.45) is 0 Å². The first-order valence-corrected chi connectivity index (χ1v) is 8.28. The SMILES string of the molecule is CC[NH+](CC(=O)Nc1cc([N+](=O)[O-])ccc1Cl)CC(=O)NC(C)(C)C. The minimum Gasteiger partial charge on any atom is -0.347 e. The molecule has 0 spiro atoms. The number of nitro groups is 1. The molecule has 1 unspecified atom stereocenters. The van der Waals surface area contributed by atoms with Crippen molar-refractivity contribution in [3.05, 3.63) is 33.3 Å². The quantitative estimate of drug-likeness (QED) is 0.491. The van der Waals surface area contributed by atoms with E-state index < -0.39 is 4.92 Å². The second kappa shape index (κ2) is 8.77. The molecule has 138 valence electrons. The standard InChI is InChI=1S/C16H23ClN4O4/c1-5-20(10-15(23)19-16(2,3)4)9-14(22)18-13-8-11(21(24)25)6-7-12(13)17/h6-8H,5,9-10H2,1-4H3,(H,18,22)(H,19,23)/p+1. The molecule has 0 saturated heterocycles. The number of hydrogen-bond acceptors (Lipinski definition) is 4. The van der Waals surface area contributed by atoms with Gasteiger partial charge in [-0.2, -0.15) is 0 Å². The van der Waals surface area contributed by atoms with Gasteiger partial charge >= 0.3 is 0 Å². The molecule has 8 nitrogen and oxygen atoms in total. The number of quaternary nitrogens is 1. The number of carbonyl (C=O) groups is 2. The van der Waals surface area contributed by atoms with Crippen LogP contribution in [0.3, 0.4) is 0 Å². The highest BCUT2D eigenvalue weighted by Crippen LogP contribution is 2.26. The van der Waals surface area contributed by atoms with E-state index in [0.29, 0.717) is 6.54 Å². The number of nitrogens with one attached hydrogen (secondary N) is 3. The van der Waals surface area contributed by atoms with Gasteiger partial charge in [0.05, 0.1) is 22.2 Å². The molecule has 0 aliphatic carbocycles. The van der Waals surface area contributed by atoms with Crippen LogP contribution in [-0.2, 0) is 9.59 Å². The summed E-state index contributed by atoms with van der Waals surface area (Å²) in [5, 5.41) is 16.4. The zero-order chi connectivity index (χ0) is 19.2. The summed E-state index contributed by atoms with van der Waals surface area (Å²) in [5.74, 6) is -0.520. The molecule has 1 rings (SSSR count). The lowest BCUT2D eigenvalue weighted by Crippen LogP contribution is -3.14. The average Bonchev–Trinajstić information content (AvgIpc) is 2.46. The minimum atomic E-state index is -0.563. The van der Waals surface area contributed by atoms with Gasteiger partial charge in [0.1, 0.15) is 0 Å². The molecule has 0 aromatic heterocycles. The summed E-state index contributed by atoms with van der Waals surface area (Å²) in [5.41, 5.74) is -0.325. The fraction of sp³-hybridized carbons (Fsp3) is 0.500. The van der Waals surface area contributed by atoms with Crippen LogP contribution in [0.2, 0.25) is 5.02 Å². The first-order valence-electron chi connectivity index (χ1n) is 7.90. The number of amides is 2. The van der Waals surface area contributed by atoms with Crippen LogP contribution in [0, 0.1) is 10.1 Å². The number of non-ortho nitro benzene ring substituents is 1. The number of halogens is 1. The number of anilines is 1. The number of hydrogen-bond donors (Lipinski definition) is 3. The number of rotatable bonds is 7. The Bertz CT molecular complexity index is 658. The molecule has 0 fully saturated rings. The lowest BCUT2D eigenvalue weighted by molar-refractivity contribution is -0.881. The van der Waals surface area contributed by atoms with Crippen molar-refractivity contribution in [3.8, 4) is 0 Å². The number of benzene rings is 1. The summed E-state index contributed by atoms with van der Waals surface area (Å²) in [6.07, 6.45) is 0. The second-order valence-electron chi connectivity index (χ2n) is 6.72. The molecule has 1 atom stereocenters. The van der Waals surface area contributed by atoms with Gasteiger partial charge in [-0.25, -0.2) is 0 Å². The monoisotopic (exact) mass is 371 g/mol. The third kappa shape index (κ3) is 7.49. The molecule has 1 aromatic carbocycles. The van der Waals surface area contributed by atoms with Crippen molar-refractivity contribution in [1.29, 1.82) is 0 Å². The van der Waals surface area contributed by atoms with E-state index in [4.69, 9.17) is 11.6 Å². The molecule has 0 aliphatic heterocycles. The van der Waals surface area contributed by atoms with Crippen molar-refractivity contribution in [1.82, 2.24) is 5.32 Å². The molecule has 1 aromatic rings.